The van der Waals surface area contributed by atoms with E-state index in [1.54, 1.807) is 0 Å². The Kier molecular flexibility index (Phi) is 3.70. The van der Waals surface area contributed by atoms with Gasteiger partial charge >= 0.3 is 5.97 Å². The second kappa shape index (κ2) is 4.92. The predicted molar refractivity (Wildman–Crippen MR) is 63.8 cm³/mol. The van der Waals surface area contributed by atoms with Gasteiger partial charge in [0.1, 0.15) is 5.54 Å². The standard InChI is InChI=1S/C12H22N2O3/c1-9-8-14(5-2-6-17-9)10-3-4-12(13,7-10)11(15)16/h9-10H,2-8,13H2,1H3,(H,15,16). The average Bonchev–Trinajstić information content (AvgIpc) is 2.54. The Morgan fingerprint density at radius 3 is 3.00 bits per heavy atom. The summed E-state index contributed by atoms with van der Waals surface area (Å²) in [4.78, 5) is 13.5. The molecular weight excluding hydrogens is 220 g/mol. The van der Waals surface area contributed by atoms with Gasteiger partial charge in [0, 0.05) is 25.7 Å². The fourth-order valence-electron chi connectivity index (χ4n) is 2.91. The van der Waals surface area contributed by atoms with Crippen molar-refractivity contribution in [3.8, 4) is 0 Å². The van der Waals surface area contributed by atoms with Gasteiger partial charge in [-0.25, -0.2) is 0 Å². The monoisotopic (exact) mass is 242 g/mol. The van der Waals surface area contributed by atoms with E-state index < -0.39 is 11.5 Å². The number of hydrogen-bond donors (Lipinski definition) is 2. The van der Waals surface area contributed by atoms with Crippen LogP contribution in [-0.4, -0.2) is 53.4 Å². The lowest BCUT2D eigenvalue weighted by Gasteiger charge is -2.29. The average molecular weight is 242 g/mol. The number of carboxylic acids is 1. The lowest BCUT2D eigenvalue weighted by atomic mass is 9.99. The van der Waals surface area contributed by atoms with E-state index in [0.717, 1.165) is 32.5 Å². The molecule has 0 aromatic rings. The fourth-order valence-corrected chi connectivity index (χ4v) is 2.91. The zero-order chi connectivity index (χ0) is 12.5. The summed E-state index contributed by atoms with van der Waals surface area (Å²) in [6.45, 7) is 4.75. The van der Waals surface area contributed by atoms with Crippen LogP contribution in [0, 0.1) is 0 Å². The minimum atomic E-state index is -1.01. The molecule has 98 valence electrons. The highest BCUT2D eigenvalue weighted by atomic mass is 16.5. The van der Waals surface area contributed by atoms with Crippen LogP contribution >= 0.6 is 0 Å². The lowest BCUT2D eigenvalue weighted by molar-refractivity contribution is -0.143. The van der Waals surface area contributed by atoms with Crippen LogP contribution in [0.2, 0.25) is 0 Å². The summed E-state index contributed by atoms with van der Waals surface area (Å²) in [5.41, 5.74) is 4.90. The van der Waals surface area contributed by atoms with Gasteiger partial charge in [0.05, 0.1) is 6.10 Å². The normalized spacial score (nSPS) is 40.1. The van der Waals surface area contributed by atoms with Gasteiger partial charge in [-0.1, -0.05) is 0 Å². The molecule has 1 saturated heterocycles. The van der Waals surface area contributed by atoms with Gasteiger partial charge in [0.2, 0.25) is 0 Å². The highest BCUT2D eigenvalue weighted by Crippen LogP contribution is 2.32. The third-order valence-corrected chi connectivity index (χ3v) is 3.95. The van der Waals surface area contributed by atoms with E-state index in [1.165, 1.54) is 0 Å². The second-order valence-corrected chi connectivity index (χ2v) is 5.39. The van der Waals surface area contributed by atoms with Gasteiger partial charge in [-0.15, -0.1) is 0 Å². The van der Waals surface area contributed by atoms with E-state index in [0.29, 0.717) is 18.9 Å². The minimum Gasteiger partial charge on any atom is -0.480 e. The third-order valence-electron chi connectivity index (χ3n) is 3.95. The summed E-state index contributed by atoms with van der Waals surface area (Å²) in [5.74, 6) is -0.862. The summed E-state index contributed by atoms with van der Waals surface area (Å²) < 4.78 is 5.60. The maximum Gasteiger partial charge on any atom is 0.323 e. The van der Waals surface area contributed by atoms with Crippen LogP contribution in [0.3, 0.4) is 0 Å². The molecule has 1 saturated carbocycles. The number of carbonyl (C=O) groups is 1. The SMILES string of the molecule is CC1CN(C2CCC(N)(C(=O)O)C2)CCCO1. The van der Waals surface area contributed by atoms with Crippen LogP contribution < -0.4 is 5.73 Å². The number of nitrogens with zero attached hydrogens (tertiary/aromatic N) is 1. The van der Waals surface area contributed by atoms with Crippen molar-refractivity contribution in [3.63, 3.8) is 0 Å². The minimum absolute atomic E-state index is 0.232. The number of rotatable bonds is 2. The van der Waals surface area contributed by atoms with E-state index in [4.69, 9.17) is 15.6 Å². The molecule has 0 amide bonds. The van der Waals surface area contributed by atoms with Crippen molar-refractivity contribution in [2.45, 2.75) is 50.3 Å². The highest BCUT2D eigenvalue weighted by molar-refractivity contribution is 5.79. The molecule has 0 aromatic heterocycles. The second-order valence-electron chi connectivity index (χ2n) is 5.39. The quantitative estimate of drug-likeness (QED) is 0.734. The lowest BCUT2D eigenvalue weighted by Crippen LogP contribution is -2.47. The molecular formula is C12H22N2O3. The molecule has 0 radical (unpaired) electrons. The molecule has 3 unspecified atom stereocenters. The van der Waals surface area contributed by atoms with Crippen LogP contribution in [0.5, 0.6) is 0 Å². The molecule has 5 heteroatoms. The van der Waals surface area contributed by atoms with Crippen molar-refractivity contribution in [2.75, 3.05) is 19.7 Å². The van der Waals surface area contributed by atoms with Gasteiger partial charge < -0.3 is 15.6 Å². The maximum atomic E-state index is 11.1. The van der Waals surface area contributed by atoms with E-state index in [2.05, 4.69) is 11.8 Å². The molecule has 1 heterocycles. The molecule has 1 aliphatic carbocycles. The Morgan fingerprint density at radius 1 is 1.59 bits per heavy atom. The topological polar surface area (TPSA) is 75.8 Å². The van der Waals surface area contributed by atoms with E-state index in [1.807, 2.05) is 0 Å². The Hall–Kier alpha value is -0.650. The molecule has 17 heavy (non-hydrogen) atoms. The Labute approximate surface area is 102 Å². The molecule has 1 aliphatic heterocycles. The van der Waals surface area contributed by atoms with E-state index in [9.17, 15) is 4.79 Å². The van der Waals surface area contributed by atoms with Gasteiger partial charge in [-0.3, -0.25) is 9.69 Å². The zero-order valence-corrected chi connectivity index (χ0v) is 10.4. The first-order valence-corrected chi connectivity index (χ1v) is 6.39. The van der Waals surface area contributed by atoms with Crippen molar-refractivity contribution in [1.82, 2.24) is 4.90 Å². The van der Waals surface area contributed by atoms with E-state index in [-0.39, 0.29) is 6.10 Å². The summed E-state index contributed by atoms with van der Waals surface area (Å²) >= 11 is 0. The Morgan fingerprint density at radius 2 is 2.35 bits per heavy atom. The van der Waals surface area contributed by atoms with Gasteiger partial charge in [0.15, 0.2) is 0 Å². The zero-order valence-electron chi connectivity index (χ0n) is 10.4. The summed E-state index contributed by atoms with van der Waals surface area (Å²) in [5, 5.41) is 9.13. The van der Waals surface area contributed by atoms with Crippen LogP contribution in [0.1, 0.15) is 32.6 Å². The summed E-state index contributed by atoms with van der Waals surface area (Å²) in [6.07, 6.45) is 3.28. The highest BCUT2D eigenvalue weighted by Gasteiger charge is 2.44. The molecule has 5 nitrogen and oxygen atoms in total. The van der Waals surface area contributed by atoms with E-state index >= 15 is 0 Å². The van der Waals surface area contributed by atoms with Crippen molar-refractivity contribution in [3.05, 3.63) is 0 Å². The molecule has 0 spiro atoms. The van der Waals surface area contributed by atoms with Crippen molar-refractivity contribution in [1.29, 1.82) is 0 Å². The third kappa shape index (κ3) is 2.78. The first kappa shape index (κ1) is 12.8. The molecule has 3 atom stereocenters. The number of carboxylic acid groups (broad SMARTS) is 1. The molecule has 2 fully saturated rings. The predicted octanol–water partition coefficient (Wildman–Crippen LogP) is 0.432. The van der Waals surface area contributed by atoms with Gasteiger partial charge in [-0.05, 0) is 32.6 Å². The largest absolute Gasteiger partial charge is 0.480 e. The summed E-state index contributed by atoms with van der Waals surface area (Å²) in [7, 11) is 0. The molecule has 2 rings (SSSR count). The smallest absolute Gasteiger partial charge is 0.323 e. The first-order valence-electron chi connectivity index (χ1n) is 6.39. The first-order chi connectivity index (χ1) is 8.01. The molecule has 0 aromatic carbocycles. The number of aliphatic carboxylic acids is 1. The van der Waals surface area contributed by atoms with Crippen LogP contribution in [0.25, 0.3) is 0 Å². The van der Waals surface area contributed by atoms with Crippen molar-refractivity contribution in [2.24, 2.45) is 5.73 Å². The summed E-state index contributed by atoms with van der Waals surface area (Å²) in [6, 6.07) is 0.306. The molecule has 0 bridgehead atoms. The Bertz CT molecular complexity index is 297. The number of hydrogen-bond acceptors (Lipinski definition) is 4. The molecule has 2 aliphatic rings. The van der Waals surface area contributed by atoms with Gasteiger partial charge in [0.25, 0.3) is 0 Å². The fraction of sp³-hybridized carbons (Fsp3) is 0.917. The van der Waals surface area contributed by atoms with Crippen molar-refractivity contribution >= 4 is 5.97 Å². The number of nitrogens with two attached hydrogens (primary N) is 1. The number of ether oxygens (including phenoxy) is 1. The van der Waals surface area contributed by atoms with Gasteiger partial charge in [-0.2, -0.15) is 0 Å². The van der Waals surface area contributed by atoms with Crippen LogP contribution in [-0.2, 0) is 9.53 Å². The Balaban J connectivity index is 1.97. The van der Waals surface area contributed by atoms with Crippen LogP contribution in [0.15, 0.2) is 0 Å². The van der Waals surface area contributed by atoms with Crippen LogP contribution in [0.4, 0.5) is 0 Å². The van der Waals surface area contributed by atoms with Crippen molar-refractivity contribution < 1.29 is 14.6 Å². The molecule has 3 N–H and O–H groups in total. The maximum absolute atomic E-state index is 11.1.